The lowest BCUT2D eigenvalue weighted by molar-refractivity contribution is 0.446. The monoisotopic (exact) mass is 194 g/mol. The molecule has 0 aromatic heterocycles. The van der Waals surface area contributed by atoms with Crippen molar-refractivity contribution >= 4 is 0 Å². The van der Waals surface area contributed by atoms with Crippen molar-refractivity contribution in [3.63, 3.8) is 0 Å². The van der Waals surface area contributed by atoms with E-state index in [1.165, 1.54) is 19.3 Å². The molecule has 0 nitrogen and oxygen atoms in total. The number of hydrogen-bond donors (Lipinski definition) is 0. The molecule has 0 saturated carbocycles. The second-order valence-corrected chi connectivity index (χ2v) is 4.17. The maximum atomic E-state index is 2.35. The molecule has 0 bridgehead atoms. The van der Waals surface area contributed by atoms with Gasteiger partial charge in [0.25, 0.3) is 0 Å². The first-order valence-corrected chi connectivity index (χ1v) is 6.04. The minimum Gasteiger partial charge on any atom is -0.0882 e. The molecular weight excluding hydrogens is 168 g/mol. The van der Waals surface area contributed by atoms with Crippen LogP contribution in [0.1, 0.15) is 53.4 Å². The van der Waals surface area contributed by atoms with Crippen LogP contribution >= 0.6 is 0 Å². The molecule has 0 aromatic rings. The van der Waals surface area contributed by atoms with E-state index in [9.17, 15) is 0 Å². The van der Waals surface area contributed by atoms with E-state index in [-0.39, 0.29) is 0 Å². The fourth-order valence-electron chi connectivity index (χ4n) is 1.31. The highest BCUT2D eigenvalue weighted by atomic mass is 14.1. The van der Waals surface area contributed by atoms with E-state index in [1.54, 1.807) is 0 Å². The first-order chi connectivity index (χ1) is 6.72. The van der Waals surface area contributed by atoms with Crippen LogP contribution in [0.3, 0.4) is 0 Å². The van der Waals surface area contributed by atoms with Crippen molar-refractivity contribution in [1.82, 2.24) is 0 Å². The van der Waals surface area contributed by atoms with Crippen molar-refractivity contribution in [2.45, 2.75) is 53.4 Å². The average Bonchev–Trinajstić information content (AvgIpc) is 2.21. The second kappa shape index (κ2) is 9.05. The van der Waals surface area contributed by atoms with E-state index in [0.29, 0.717) is 0 Å². The predicted octanol–water partition coefficient (Wildman–Crippen LogP) is 4.97. The van der Waals surface area contributed by atoms with Crippen LogP contribution in [0, 0.1) is 11.8 Å². The lowest BCUT2D eigenvalue weighted by atomic mass is 9.93. The highest BCUT2D eigenvalue weighted by molar-refractivity contribution is 4.95. The first-order valence-electron chi connectivity index (χ1n) is 6.04. The highest BCUT2D eigenvalue weighted by Gasteiger charge is 2.04. The van der Waals surface area contributed by atoms with E-state index in [4.69, 9.17) is 0 Å². The largest absolute Gasteiger partial charge is 0.0882 e. The Labute approximate surface area is 90.1 Å². The maximum Gasteiger partial charge on any atom is -0.0169 e. The van der Waals surface area contributed by atoms with Gasteiger partial charge in [-0.25, -0.2) is 0 Å². The number of rotatable bonds is 7. The van der Waals surface area contributed by atoms with Crippen molar-refractivity contribution in [2.24, 2.45) is 11.8 Å². The molecule has 0 aliphatic heterocycles. The first kappa shape index (κ1) is 13.5. The van der Waals surface area contributed by atoms with Crippen LogP contribution in [0.2, 0.25) is 0 Å². The van der Waals surface area contributed by atoms with Gasteiger partial charge in [0.05, 0.1) is 0 Å². The topological polar surface area (TPSA) is 0 Å². The zero-order valence-corrected chi connectivity index (χ0v) is 10.3. The quantitative estimate of drug-likeness (QED) is 0.502. The fraction of sp³-hybridized carbons (Fsp3) is 0.714. The third kappa shape index (κ3) is 6.94. The lowest BCUT2D eigenvalue weighted by Gasteiger charge is -2.13. The van der Waals surface area contributed by atoms with Crippen LogP contribution in [-0.2, 0) is 0 Å². The van der Waals surface area contributed by atoms with Crippen molar-refractivity contribution in [1.29, 1.82) is 0 Å². The molecule has 0 spiro atoms. The van der Waals surface area contributed by atoms with Gasteiger partial charge in [0, 0.05) is 0 Å². The molecule has 0 aromatic carbocycles. The summed E-state index contributed by atoms with van der Waals surface area (Å²) in [6.07, 6.45) is 14.0. The Hall–Kier alpha value is -0.520. The molecule has 14 heavy (non-hydrogen) atoms. The SMILES string of the molecule is CCC/C=C\C/C=C\C(C)C(C)CC. The molecule has 82 valence electrons. The van der Waals surface area contributed by atoms with Gasteiger partial charge in [0.1, 0.15) is 0 Å². The normalized spacial score (nSPS) is 16.6. The smallest absolute Gasteiger partial charge is 0.0169 e. The van der Waals surface area contributed by atoms with Crippen LogP contribution in [-0.4, -0.2) is 0 Å². The Kier molecular flexibility index (Phi) is 8.72. The van der Waals surface area contributed by atoms with Crippen LogP contribution in [0.4, 0.5) is 0 Å². The van der Waals surface area contributed by atoms with Crippen molar-refractivity contribution < 1.29 is 0 Å². The van der Waals surface area contributed by atoms with Gasteiger partial charge < -0.3 is 0 Å². The third-order valence-electron chi connectivity index (χ3n) is 2.88. The standard InChI is InChI=1S/C14H26/c1-5-7-8-9-10-11-12-14(4)13(3)6-2/h8-9,11-14H,5-7,10H2,1-4H3/b9-8-,12-11-. The van der Waals surface area contributed by atoms with E-state index in [1.807, 2.05) is 0 Å². The van der Waals surface area contributed by atoms with Gasteiger partial charge in [0.15, 0.2) is 0 Å². The van der Waals surface area contributed by atoms with Gasteiger partial charge in [-0.05, 0) is 24.7 Å². The average molecular weight is 194 g/mol. The summed E-state index contributed by atoms with van der Waals surface area (Å²) in [5.41, 5.74) is 0. The van der Waals surface area contributed by atoms with Crippen LogP contribution in [0.5, 0.6) is 0 Å². The van der Waals surface area contributed by atoms with Gasteiger partial charge in [0.2, 0.25) is 0 Å². The van der Waals surface area contributed by atoms with E-state index in [0.717, 1.165) is 18.3 Å². The summed E-state index contributed by atoms with van der Waals surface area (Å²) in [5.74, 6) is 1.53. The highest BCUT2D eigenvalue weighted by Crippen LogP contribution is 2.15. The van der Waals surface area contributed by atoms with Crippen molar-refractivity contribution in [2.75, 3.05) is 0 Å². The number of allylic oxidation sites excluding steroid dienone is 4. The molecule has 2 atom stereocenters. The van der Waals surface area contributed by atoms with E-state index >= 15 is 0 Å². The number of hydrogen-bond acceptors (Lipinski definition) is 0. The second-order valence-electron chi connectivity index (χ2n) is 4.17. The third-order valence-corrected chi connectivity index (χ3v) is 2.88. The molecule has 2 unspecified atom stereocenters. The summed E-state index contributed by atoms with van der Waals surface area (Å²) < 4.78 is 0. The maximum absolute atomic E-state index is 2.35. The summed E-state index contributed by atoms with van der Waals surface area (Å²) in [6, 6.07) is 0. The Balaban J connectivity index is 3.61. The van der Waals surface area contributed by atoms with Crippen LogP contribution in [0.15, 0.2) is 24.3 Å². The Morgan fingerprint density at radius 3 is 2.29 bits per heavy atom. The molecule has 0 N–H and O–H groups in total. The van der Waals surface area contributed by atoms with E-state index in [2.05, 4.69) is 52.0 Å². The molecule has 0 heterocycles. The van der Waals surface area contributed by atoms with Gasteiger partial charge >= 0.3 is 0 Å². The van der Waals surface area contributed by atoms with Gasteiger partial charge in [-0.2, -0.15) is 0 Å². The minimum atomic E-state index is 0.722. The van der Waals surface area contributed by atoms with Crippen molar-refractivity contribution in [3.05, 3.63) is 24.3 Å². The van der Waals surface area contributed by atoms with Gasteiger partial charge in [-0.3, -0.25) is 0 Å². The molecule has 0 saturated heterocycles. The molecule has 0 rings (SSSR count). The summed E-state index contributed by atoms with van der Waals surface area (Å²) in [4.78, 5) is 0. The molecule has 0 aliphatic carbocycles. The minimum absolute atomic E-state index is 0.722. The number of unbranched alkanes of at least 4 members (excludes halogenated alkanes) is 1. The summed E-state index contributed by atoms with van der Waals surface area (Å²) in [5, 5.41) is 0. The van der Waals surface area contributed by atoms with Crippen LogP contribution in [0.25, 0.3) is 0 Å². The Morgan fingerprint density at radius 2 is 1.71 bits per heavy atom. The summed E-state index contributed by atoms with van der Waals surface area (Å²) in [6.45, 7) is 9.10. The fourth-order valence-corrected chi connectivity index (χ4v) is 1.31. The predicted molar refractivity (Wildman–Crippen MR) is 66.4 cm³/mol. The van der Waals surface area contributed by atoms with Gasteiger partial charge in [-0.1, -0.05) is 64.8 Å². The van der Waals surface area contributed by atoms with Gasteiger partial charge in [-0.15, -0.1) is 0 Å². The molecule has 0 aliphatic rings. The zero-order chi connectivity index (χ0) is 10.8. The Bertz CT molecular complexity index is 165. The molecule has 0 heteroatoms. The molecular formula is C14H26. The lowest BCUT2D eigenvalue weighted by Crippen LogP contribution is -2.02. The molecule has 0 amide bonds. The van der Waals surface area contributed by atoms with Crippen molar-refractivity contribution in [3.8, 4) is 0 Å². The Morgan fingerprint density at radius 1 is 1.00 bits per heavy atom. The van der Waals surface area contributed by atoms with Crippen LogP contribution < -0.4 is 0 Å². The molecule has 0 radical (unpaired) electrons. The van der Waals surface area contributed by atoms with E-state index < -0.39 is 0 Å². The zero-order valence-electron chi connectivity index (χ0n) is 10.3. The molecule has 0 fully saturated rings. The summed E-state index contributed by atoms with van der Waals surface area (Å²) >= 11 is 0. The summed E-state index contributed by atoms with van der Waals surface area (Å²) in [7, 11) is 0.